The lowest BCUT2D eigenvalue weighted by atomic mass is 10.1. The van der Waals surface area contributed by atoms with Gasteiger partial charge in [-0.15, -0.1) is 0 Å². The van der Waals surface area contributed by atoms with Gasteiger partial charge in [0.1, 0.15) is 17.3 Å². The van der Waals surface area contributed by atoms with E-state index >= 15 is 0 Å². The highest BCUT2D eigenvalue weighted by Gasteiger charge is 2.22. The van der Waals surface area contributed by atoms with Gasteiger partial charge in [-0.3, -0.25) is 4.68 Å². The largest absolute Gasteiger partial charge is 0.496 e. The third-order valence-electron chi connectivity index (χ3n) is 6.14. The van der Waals surface area contributed by atoms with Crippen LogP contribution < -0.4 is 21.1 Å². The van der Waals surface area contributed by atoms with E-state index in [0.29, 0.717) is 18.4 Å². The summed E-state index contributed by atoms with van der Waals surface area (Å²) in [6.07, 6.45) is 3.89. The second kappa shape index (κ2) is 8.88. The number of hydrogen-bond acceptors (Lipinski definition) is 6. The Kier molecular flexibility index (Phi) is 5.64. The molecular weight excluding hydrogens is 400 g/mol. The fourth-order valence-corrected chi connectivity index (χ4v) is 4.44. The van der Waals surface area contributed by atoms with E-state index in [1.807, 2.05) is 24.3 Å². The number of aromatic nitrogens is 3. The van der Waals surface area contributed by atoms with Crippen LogP contribution in [0.4, 0.5) is 11.5 Å². The predicted octanol–water partition coefficient (Wildman–Crippen LogP) is 4.23. The maximum absolute atomic E-state index is 6.31. The molecule has 7 heteroatoms. The number of methoxy groups -OCH3 is 1. The molecule has 164 valence electrons. The average Bonchev–Trinajstić information content (AvgIpc) is 3.25. The lowest BCUT2D eigenvalue weighted by Gasteiger charge is -2.23. The van der Waals surface area contributed by atoms with Crippen LogP contribution in [0.1, 0.15) is 24.4 Å². The fraction of sp³-hybridized carbons (Fsp3) is 0.280. The SMILES string of the molecule is COc1ccccc1CNc1ccc(-c2nn(C3CCNCC3)c3ccnc(N)c23)cc1. The molecule has 0 atom stereocenters. The van der Waals surface area contributed by atoms with Gasteiger partial charge in [0.25, 0.3) is 0 Å². The van der Waals surface area contributed by atoms with Gasteiger partial charge in [0.15, 0.2) is 0 Å². The van der Waals surface area contributed by atoms with Gasteiger partial charge in [-0.1, -0.05) is 30.3 Å². The van der Waals surface area contributed by atoms with E-state index in [1.54, 1.807) is 13.3 Å². The summed E-state index contributed by atoms with van der Waals surface area (Å²) in [5, 5.41) is 12.8. The summed E-state index contributed by atoms with van der Waals surface area (Å²) in [6, 6.07) is 18.8. The highest BCUT2D eigenvalue weighted by atomic mass is 16.5. The minimum atomic E-state index is 0.371. The lowest BCUT2D eigenvalue weighted by molar-refractivity contribution is 0.352. The van der Waals surface area contributed by atoms with Crippen LogP contribution in [-0.2, 0) is 6.54 Å². The summed E-state index contributed by atoms with van der Waals surface area (Å²) < 4.78 is 7.59. The van der Waals surface area contributed by atoms with Crippen molar-refractivity contribution in [3.8, 4) is 17.0 Å². The predicted molar refractivity (Wildman–Crippen MR) is 129 cm³/mol. The number of hydrogen-bond donors (Lipinski definition) is 3. The van der Waals surface area contributed by atoms with Crippen molar-refractivity contribution >= 4 is 22.4 Å². The Hall–Kier alpha value is -3.58. The van der Waals surface area contributed by atoms with E-state index in [4.69, 9.17) is 15.6 Å². The summed E-state index contributed by atoms with van der Waals surface area (Å²) in [4.78, 5) is 4.34. The summed E-state index contributed by atoms with van der Waals surface area (Å²) in [5.41, 5.74) is 11.4. The molecule has 3 heterocycles. The van der Waals surface area contributed by atoms with Crippen LogP contribution in [-0.4, -0.2) is 35.0 Å². The molecule has 0 radical (unpaired) electrons. The minimum absolute atomic E-state index is 0.371. The number of ether oxygens (including phenoxy) is 1. The molecule has 0 amide bonds. The molecule has 0 unspecified atom stereocenters. The molecule has 0 bridgehead atoms. The first-order valence-corrected chi connectivity index (χ1v) is 11.0. The van der Waals surface area contributed by atoms with Crippen molar-refractivity contribution in [3.05, 3.63) is 66.4 Å². The van der Waals surface area contributed by atoms with E-state index in [2.05, 4.69) is 50.6 Å². The molecule has 4 aromatic rings. The molecule has 2 aromatic heterocycles. The van der Waals surface area contributed by atoms with Gasteiger partial charge < -0.3 is 21.1 Å². The molecule has 0 spiro atoms. The van der Waals surface area contributed by atoms with Crippen LogP contribution >= 0.6 is 0 Å². The third kappa shape index (κ3) is 3.87. The van der Waals surface area contributed by atoms with Gasteiger partial charge in [0.05, 0.1) is 24.1 Å². The van der Waals surface area contributed by atoms with Gasteiger partial charge in [-0.05, 0) is 50.2 Å². The first kappa shape index (κ1) is 20.3. The third-order valence-corrected chi connectivity index (χ3v) is 6.14. The minimum Gasteiger partial charge on any atom is -0.496 e. The Labute approximate surface area is 187 Å². The van der Waals surface area contributed by atoms with Crippen LogP contribution in [0.25, 0.3) is 22.2 Å². The van der Waals surface area contributed by atoms with E-state index in [9.17, 15) is 0 Å². The van der Waals surface area contributed by atoms with Crippen molar-refractivity contribution in [1.29, 1.82) is 0 Å². The Morgan fingerprint density at radius 2 is 1.88 bits per heavy atom. The summed E-state index contributed by atoms with van der Waals surface area (Å²) in [7, 11) is 1.70. The number of nitrogens with two attached hydrogens (primary N) is 1. The quantitative estimate of drug-likeness (QED) is 0.426. The average molecular weight is 429 g/mol. The summed E-state index contributed by atoms with van der Waals surface area (Å²) >= 11 is 0. The Balaban J connectivity index is 1.43. The number of para-hydroxylation sites is 1. The smallest absolute Gasteiger partial charge is 0.135 e. The van der Waals surface area contributed by atoms with Crippen molar-refractivity contribution < 1.29 is 4.74 Å². The highest BCUT2D eigenvalue weighted by molar-refractivity contribution is 6.00. The molecule has 4 N–H and O–H groups in total. The van der Waals surface area contributed by atoms with Gasteiger partial charge in [-0.25, -0.2) is 4.98 Å². The molecule has 7 nitrogen and oxygen atoms in total. The molecule has 1 aliphatic heterocycles. The molecule has 1 saturated heterocycles. The fourth-order valence-electron chi connectivity index (χ4n) is 4.44. The topological polar surface area (TPSA) is 90.0 Å². The van der Waals surface area contributed by atoms with Crippen molar-refractivity contribution in [2.45, 2.75) is 25.4 Å². The zero-order valence-corrected chi connectivity index (χ0v) is 18.2. The summed E-state index contributed by atoms with van der Waals surface area (Å²) in [5.74, 6) is 1.41. The number of nitrogens with one attached hydrogen (secondary N) is 2. The maximum Gasteiger partial charge on any atom is 0.135 e. The molecule has 32 heavy (non-hydrogen) atoms. The number of nitrogen functional groups attached to an aromatic ring is 1. The second-order valence-electron chi connectivity index (χ2n) is 8.11. The number of piperidine rings is 1. The van der Waals surface area contributed by atoms with Crippen molar-refractivity contribution in [1.82, 2.24) is 20.1 Å². The van der Waals surface area contributed by atoms with Crippen LogP contribution in [0.15, 0.2) is 60.8 Å². The van der Waals surface area contributed by atoms with Gasteiger partial charge in [0, 0.05) is 29.6 Å². The number of pyridine rings is 1. The van der Waals surface area contributed by atoms with Crippen LogP contribution in [0.2, 0.25) is 0 Å². The van der Waals surface area contributed by atoms with Crippen molar-refractivity contribution in [2.24, 2.45) is 0 Å². The van der Waals surface area contributed by atoms with E-state index < -0.39 is 0 Å². The standard InChI is InChI=1S/C25H28N6O/c1-32-22-5-3-2-4-18(22)16-29-19-8-6-17(7-9-19)24-23-21(12-15-28-25(23)26)31(30-24)20-10-13-27-14-11-20/h2-9,12,15,20,27,29H,10-11,13-14,16H2,1H3,(H2,26,28). The molecular formula is C25H28N6O. The Bertz CT molecular complexity index is 1210. The van der Waals surface area contributed by atoms with Crippen LogP contribution in [0.3, 0.4) is 0 Å². The number of anilines is 2. The van der Waals surface area contributed by atoms with Crippen LogP contribution in [0, 0.1) is 0 Å². The molecule has 1 aliphatic rings. The molecule has 5 rings (SSSR count). The maximum atomic E-state index is 6.31. The highest BCUT2D eigenvalue weighted by Crippen LogP contribution is 2.34. The number of benzene rings is 2. The van der Waals surface area contributed by atoms with E-state index in [-0.39, 0.29) is 0 Å². The van der Waals surface area contributed by atoms with E-state index in [0.717, 1.165) is 65.1 Å². The number of nitrogens with zero attached hydrogens (tertiary/aromatic N) is 3. The van der Waals surface area contributed by atoms with Crippen LogP contribution in [0.5, 0.6) is 5.75 Å². The molecule has 1 fully saturated rings. The first-order chi connectivity index (χ1) is 15.7. The van der Waals surface area contributed by atoms with Crippen molar-refractivity contribution in [3.63, 3.8) is 0 Å². The molecule has 0 saturated carbocycles. The van der Waals surface area contributed by atoms with Gasteiger partial charge in [-0.2, -0.15) is 5.10 Å². The normalized spacial score (nSPS) is 14.5. The second-order valence-corrected chi connectivity index (χ2v) is 8.11. The van der Waals surface area contributed by atoms with Crippen molar-refractivity contribution in [2.75, 3.05) is 31.2 Å². The number of rotatable bonds is 6. The molecule has 2 aromatic carbocycles. The van der Waals surface area contributed by atoms with Gasteiger partial charge >= 0.3 is 0 Å². The molecule has 0 aliphatic carbocycles. The zero-order valence-electron chi connectivity index (χ0n) is 18.2. The first-order valence-electron chi connectivity index (χ1n) is 11.0. The van der Waals surface area contributed by atoms with E-state index in [1.165, 1.54) is 0 Å². The van der Waals surface area contributed by atoms with Gasteiger partial charge in [0.2, 0.25) is 0 Å². The lowest BCUT2D eigenvalue weighted by Crippen LogP contribution is -2.29. The Morgan fingerprint density at radius 1 is 1.09 bits per heavy atom. The summed E-state index contributed by atoms with van der Waals surface area (Å²) in [6.45, 7) is 2.70. The number of fused-ring (bicyclic) bond motifs is 1. The monoisotopic (exact) mass is 428 g/mol. The Morgan fingerprint density at radius 3 is 2.66 bits per heavy atom. The zero-order chi connectivity index (χ0) is 21.9.